The fourth-order valence-corrected chi connectivity index (χ4v) is 10.4. The van der Waals surface area contributed by atoms with Crippen molar-refractivity contribution in [3.63, 3.8) is 0 Å². The van der Waals surface area contributed by atoms with Crippen molar-refractivity contribution in [1.82, 2.24) is 14.4 Å². The quantitative estimate of drug-likeness (QED) is 0.142. The highest BCUT2D eigenvalue weighted by molar-refractivity contribution is 6.22. The largest absolute Gasteiger partial charge is 0.276 e. The molecule has 0 amide bonds. The van der Waals surface area contributed by atoms with Gasteiger partial charge in [-0.2, -0.15) is 0 Å². The summed E-state index contributed by atoms with van der Waals surface area (Å²) in [7, 11) is 0. The van der Waals surface area contributed by atoms with Crippen LogP contribution in [-0.4, -0.2) is 14.4 Å². The van der Waals surface area contributed by atoms with E-state index < -0.39 is 0 Å². The molecular formula is C66H47N3. The summed E-state index contributed by atoms with van der Waals surface area (Å²) < 4.78 is 2.17. The fraction of sp³-hybridized carbons (Fsp3) is 0.0303. The summed E-state index contributed by atoms with van der Waals surface area (Å²) in [5.74, 6) is 0.822. The molecule has 0 radical (unpaired) electrons. The highest BCUT2D eigenvalue weighted by Crippen LogP contribution is 2.46. The van der Waals surface area contributed by atoms with E-state index in [0.717, 1.165) is 72.0 Å². The minimum Gasteiger partial charge on any atom is -0.276 e. The van der Waals surface area contributed by atoms with Crippen LogP contribution in [0.2, 0.25) is 0 Å². The van der Waals surface area contributed by atoms with E-state index in [4.69, 9.17) is 9.97 Å². The number of rotatable bonds is 8. The van der Waals surface area contributed by atoms with Gasteiger partial charge in [0.25, 0.3) is 0 Å². The van der Waals surface area contributed by atoms with Gasteiger partial charge in [-0.1, -0.05) is 189 Å². The molecule has 0 atom stereocenters. The summed E-state index contributed by atoms with van der Waals surface area (Å²) in [6.45, 7) is 12.1. The zero-order valence-electron chi connectivity index (χ0n) is 38.6. The topological polar surface area (TPSA) is 30.2 Å². The maximum absolute atomic E-state index is 5.42. The number of hydrogen-bond donors (Lipinski definition) is 0. The molecule has 0 unspecified atom stereocenters. The van der Waals surface area contributed by atoms with Gasteiger partial charge in [0.05, 0.1) is 16.9 Å². The van der Waals surface area contributed by atoms with E-state index in [1.807, 2.05) is 31.2 Å². The lowest BCUT2D eigenvalue weighted by Crippen LogP contribution is -2.23. The molecule has 0 aliphatic carbocycles. The van der Waals surface area contributed by atoms with E-state index in [1.165, 1.54) is 65.3 Å². The Kier molecular flexibility index (Phi) is 10.3. The third-order valence-electron chi connectivity index (χ3n) is 13.7. The molecule has 3 heteroatoms. The average Bonchev–Trinajstić information content (AvgIpc) is 3.78. The first-order valence-electron chi connectivity index (χ1n) is 23.6. The van der Waals surface area contributed by atoms with Crippen molar-refractivity contribution >= 4 is 83.9 Å². The number of aromatic nitrogens is 3. The van der Waals surface area contributed by atoms with Crippen molar-refractivity contribution in [3.05, 3.63) is 235 Å². The van der Waals surface area contributed by atoms with Crippen LogP contribution in [0.5, 0.6) is 0 Å². The molecule has 0 saturated heterocycles. The van der Waals surface area contributed by atoms with Crippen molar-refractivity contribution in [2.24, 2.45) is 0 Å². The Morgan fingerprint density at radius 3 is 1.58 bits per heavy atom. The molecule has 12 rings (SSSR count). The van der Waals surface area contributed by atoms with E-state index >= 15 is 0 Å². The van der Waals surface area contributed by atoms with Crippen LogP contribution in [0.25, 0.3) is 140 Å². The van der Waals surface area contributed by atoms with Gasteiger partial charge in [0.15, 0.2) is 0 Å². The van der Waals surface area contributed by atoms with Gasteiger partial charge in [0.2, 0.25) is 0 Å². The van der Waals surface area contributed by atoms with Gasteiger partial charge < -0.3 is 0 Å². The van der Waals surface area contributed by atoms with Gasteiger partial charge in [-0.05, 0) is 160 Å². The van der Waals surface area contributed by atoms with E-state index in [0.29, 0.717) is 0 Å². The van der Waals surface area contributed by atoms with Crippen molar-refractivity contribution in [2.75, 3.05) is 0 Å². The predicted octanol–water partition coefficient (Wildman–Crippen LogP) is 16.3. The minimum atomic E-state index is 0.818. The summed E-state index contributed by atoms with van der Waals surface area (Å²) in [5, 5.41) is 13.1. The second-order valence-corrected chi connectivity index (χ2v) is 17.7. The molecular weight excluding hydrogens is 835 g/mol. The molecule has 0 N–H and O–H groups in total. The summed E-state index contributed by atoms with van der Waals surface area (Å²) in [4.78, 5) is 10.6. The van der Waals surface area contributed by atoms with Gasteiger partial charge in [0.1, 0.15) is 11.5 Å². The predicted molar refractivity (Wildman–Crippen MR) is 297 cm³/mol. The van der Waals surface area contributed by atoms with Crippen LogP contribution in [0.4, 0.5) is 0 Å². The fourth-order valence-electron chi connectivity index (χ4n) is 10.4. The standard InChI is InChI=1S/C66H47N3/c1-5-15-43-29-32-54(37-42(43)7-3)65-68-61-41-51(34-36-58(61)66-67-60(8-4)62(16-6-2)69(65)66)47-25-23-46(24-26-47)50-33-35-57-59(40-50)64(53-31-28-45-18-10-12-20-49(45)39-53)56-22-14-13-21-55(56)63(57)52-30-27-44-17-9-11-19-48(44)38-52/h5-41H,1,4H2,2-3H3/b16-6-,42-7-,43-15-. The van der Waals surface area contributed by atoms with E-state index in [1.54, 1.807) is 0 Å². The van der Waals surface area contributed by atoms with Crippen LogP contribution in [0, 0.1) is 0 Å². The SMILES string of the molecule is C=C/C=c1/ccc(-c2nc3cc(-c4ccc(-c5ccc6c(-c7ccc8ccccc8c7)c7ccccc7c(-c7ccc8ccccc8c7)c6c5)cc4)ccc3c3nc(C=C)c(/C=C\C)n23)c/c1=C/C. The molecule has 0 spiro atoms. The molecule has 2 aromatic heterocycles. The van der Waals surface area contributed by atoms with Gasteiger partial charge in [-0.3, -0.25) is 4.40 Å². The molecule has 0 saturated carbocycles. The number of nitrogens with zero attached hydrogens (tertiary/aromatic N) is 3. The number of hydrogen-bond acceptors (Lipinski definition) is 2. The molecule has 69 heavy (non-hydrogen) atoms. The van der Waals surface area contributed by atoms with Crippen LogP contribution in [0.3, 0.4) is 0 Å². The van der Waals surface area contributed by atoms with Crippen LogP contribution < -0.4 is 10.4 Å². The molecule has 326 valence electrons. The van der Waals surface area contributed by atoms with Crippen molar-refractivity contribution < 1.29 is 0 Å². The van der Waals surface area contributed by atoms with E-state index in [9.17, 15) is 0 Å². The van der Waals surface area contributed by atoms with Crippen LogP contribution in [-0.2, 0) is 0 Å². The minimum absolute atomic E-state index is 0.818. The molecule has 12 aromatic rings. The summed E-state index contributed by atoms with van der Waals surface area (Å²) in [6.07, 6.45) is 11.9. The van der Waals surface area contributed by atoms with Crippen molar-refractivity contribution in [3.8, 4) is 55.9 Å². The van der Waals surface area contributed by atoms with Crippen molar-refractivity contribution in [1.29, 1.82) is 0 Å². The highest BCUT2D eigenvalue weighted by Gasteiger charge is 2.20. The lowest BCUT2D eigenvalue weighted by atomic mass is 9.84. The molecule has 0 fully saturated rings. The molecule has 2 heterocycles. The van der Waals surface area contributed by atoms with Crippen LogP contribution in [0.15, 0.2) is 213 Å². The Labute approximate surface area is 401 Å². The molecule has 0 aliphatic rings. The third kappa shape index (κ3) is 7.06. The summed E-state index contributed by atoms with van der Waals surface area (Å²) in [6, 6.07) is 69.0. The first-order valence-corrected chi connectivity index (χ1v) is 23.6. The Morgan fingerprint density at radius 1 is 0.435 bits per heavy atom. The Hall–Kier alpha value is -8.92. The second-order valence-electron chi connectivity index (χ2n) is 17.7. The van der Waals surface area contributed by atoms with Gasteiger partial charge in [-0.15, -0.1) is 0 Å². The van der Waals surface area contributed by atoms with E-state index in [-0.39, 0.29) is 0 Å². The van der Waals surface area contributed by atoms with Gasteiger partial charge in [-0.25, -0.2) is 9.97 Å². The summed E-state index contributed by atoms with van der Waals surface area (Å²) in [5.41, 5.74) is 13.9. The zero-order valence-corrected chi connectivity index (χ0v) is 38.6. The monoisotopic (exact) mass is 881 g/mol. The summed E-state index contributed by atoms with van der Waals surface area (Å²) >= 11 is 0. The first kappa shape index (κ1) is 41.5. The number of benzene rings is 10. The smallest absolute Gasteiger partial charge is 0.149 e. The first-order chi connectivity index (χ1) is 34.0. The molecule has 0 bridgehead atoms. The number of fused-ring (bicyclic) bond motifs is 7. The second kappa shape index (κ2) is 17.1. The molecule has 3 nitrogen and oxygen atoms in total. The number of allylic oxidation sites excluding steroid dienone is 2. The van der Waals surface area contributed by atoms with Crippen molar-refractivity contribution in [2.45, 2.75) is 13.8 Å². The van der Waals surface area contributed by atoms with Crippen LogP contribution >= 0.6 is 0 Å². The third-order valence-corrected chi connectivity index (χ3v) is 13.7. The average molecular weight is 882 g/mol. The maximum Gasteiger partial charge on any atom is 0.149 e. The van der Waals surface area contributed by atoms with Gasteiger partial charge in [0, 0.05) is 10.9 Å². The maximum atomic E-state index is 5.42. The van der Waals surface area contributed by atoms with Crippen LogP contribution in [0.1, 0.15) is 25.2 Å². The van der Waals surface area contributed by atoms with Gasteiger partial charge >= 0.3 is 0 Å². The normalized spacial score (nSPS) is 12.4. The lowest BCUT2D eigenvalue weighted by Gasteiger charge is -2.19. The lowest BCUT2D eigenvalue weighted by molar-refractivity contribution is 1.11. The zero-order chi connectivity index (χ0) is 46.6. The van der Waals surface area contributed by atoms with E-state index in [2.05, 4.69) is 225 Å². The molecule has 10 aromatic carbocycles. The number of imidazole rings is 1. The Balaban J connectivity index is 1.01. The molecule has 0 aliphatic heterocycles. The Morgan fingerprint density at radius 2 is 0.971 bits per heavy atom. The highest BCUT2D eigenvalue weighted by atomic mass is 15.1. The Bertz CT molecular complexity index is 4240.